The van der Waals surface area contributed by atoms with Crippen LogP contribution in [0.5, 0.6) is 11.5 Å². The number of rotatable bonds is 10. The van der Waals surface area contributed by atoms with E-state index in [1.807, 2.05) is 60.7 Å². The van der Waals surface area contributed by atoms with Crippen molar-refractivity contribution in [2.45, 2.75) is 19.6 Å². The van der Waals surface area contributed by atoms with E-state index in [0.29, 0.717) is 23.7 Å². The predicted molar refractivity (Wildman–Crippen MR) is 120 cm³/mol. The normalized spacial score (nSPS) is 11.5. The van der Waals surface area contributed by atoms with E-state index in [-0.39, 0.29) is 12.2 Å². The highest BCUT2D eigenvalue weighted by molar-refractivity contribution is 6.41. The molecule has 6 nitrogen and oxygen atoms in total. The highest BCUT2D eigenvalue weighted by Crippen LogP contribution is 2.38. The van der Waals surface area contributed by atoms with Crippen molar-refractivity contribution in [2.75, 3.05) is 20.8 Å². The van der Waals surface area contributed by atoms with E-state index in [9.17, 15) is 9.59 Å². The van der Waals surface area contributed by atoms with Crippen LogP contribution in [0.3, 0.4) is 0 Å². The van der Waals surface area contributed by atoms with Crippen LogP contribution in [0.25, 0.3) is 0 Å². The van der Waals surface area contributed by atoms with E-state index < -0.39 is 17.9 Å². The van der Waals surface area contributed by atoms with E-state index in [2.05, 4.69) is 0 Å². The van der Waals surface area contributed by atoms with Crippen LogP contribution >= 0.6 is 0 Å². The number of hydrogen-bond acceptors (Lipinski definition) is 6. The maximum absolute atomic E-state index is 13.0. The lowest BCUT2D eigenvalue weighted by molar-refractivity contribution is -0.137. The van der Waals surface area contributed by atoms with Gasteiger partial charge in [-0.25, -0.2) is 4.79 Å². The van der Waals surface area contributed by atoms with Crippen molar-refractivity contribution in [2.24, 2.45) is 0 Å². The van der Waals surface area contributed by atoms with Crippen LogP contribution in [0.1, 0.15) is 40.1 Å². The highest BCUT2D eigenvalue weighted by Gasteiger charge is 2.29. The zero-order chi connectivity index (χ0) is 22.9. The molecule has 166 valence electrons. The van der Waals surface area contributed by atoms with Crippen molar-refractivity contribution in [3.8, 4) is 11.5 Å². The van der Waals surface area contributed by atoms with Gasteiger partial charge in [0.2, 0.25) is 0 Å². The number of ether oxygens (including phenoxy) is 4. The summed E-state index contributed by atoms with van der Waals surface area (Å²) in [5.41, 5.74) is 2.44. The Morgan fingerprint density at radius 3 is 2.03 bits per heavy atom. The number of ketones is 1. The second-order valence-corrected chi connectivity index (χ2v) is 6.93. The molecular weight excluding hydrogens is 408 g/mol. The van der Waals surface area contributed by atoms with Crippen LogP contribution in [0.4, 0.5) is 0 Å². The molecule has 0 aromatic heterocycles. The largest absolute Gasteiger partial charge is 0.493 e. The number of benzene rings is 3. The molecule has 32 heavy (non-hydrogen) atoms. The first-order valence-electron chi connectivity index (χ1n) is 10.3. The van der Waals surface area contributed by atoms with Crippen molar-refractivity contribution in [1.29, 1.82) is 0 Å². The number of methoxy groups -OCH3 is 2. The minimum absolute atomic E-state index is 0.0970. The van der Waals surface area contributed by atoms with Crippen LogP contribution in [-0.4, -0.2) is 32.6 Å². The number of carbonyl (C=O) groups excluding carboxylic acids is 2. The molecule has 0 N–H and O–H groups in total. The van der Waals surface area contributed by atoms with Crippen LogP contribution in [0.15, 0.2) is 72.8 Å². The molecule has 0 saturated heterocycles. The summed E-state index contributed by atoms with van der Waals surface area (Å²) in [5, 5.41) is 0. The van der Waals surface area contributed by atoms with Gasteiger partial charge in [-0.15, -0.1) is 0 Å². The maximum atomic E-state index is 13.0. The number of carbonyl (C=O) groups is 2. The molecule has 1 atom stereocenters. The fourth-order valence-corrected chi connectivity index (χ4v) is 3.36. The lowest BCUT2D eigenvalue weighted by atomic mass is 9.93. The molecule has 0 fully saturated rings. The van der Waals surface area contributed by atoms with Crippen LogP contribution < -0.4 is 9.47 Å². The fraction of sp³-hybridized carbons (Fsp3) is 0.231. The van der Waals surface area contributed by atoms with Gasteiger partial charge in [-0.05, 0) is 30.2 Å². The third-order valence-electron chi connectivity index (χ3n) is 4.91. The first-order valence-corrected chi connectivity index (χ1v) is 10.3. The minimum Gasteiger partial charge on any atom is -0.493 e. The lowest BCUT2D eigenvalue weighted by Crippen LogP contribution is -2.21. The summed E-state index contributed by atoms with van der Waals surface area (Å²) in [7, 11) is 2.98. The molecule has 3 aromatic rings. The molecule has 0 bridgehead atoms. The summed E-state index contributed by atoms with van der Waals surface area (Å²) >= 11 is 0. The van der Waals surface area contributed by atoms with E-state index in [4.69, 9.17) is 18.9 Å². The van der Waals surface area contributed by atoms with Gasteiger partial charge in [0.25, 0.3) is 5.78 Å². The van der Waals surface area contributed by atoms with Gasteiger partial charge in [0.05, 0.1) is 27.4 Å². The molecule has 0 aliphatic rings. The zero-order valence-electron chi connectivity index (χ0n) is 18.4. The summed E-state index contributed by atoms with van der Waals surface area (Å²) in [5.74, 6) is -0.950. The van der Waals surface area contributed by atoms with Crippen molar-refractivity contribution in [3.63, 3.8) is 0 Å². The Hall–Kier alpha value is -3.64. The first-order chi connectivity index (χ1) is 15.6. The standard InChI is InChI=1S/C26H26O6/c1-4-31-26(28)24(27)20-15-22(29-2)23(30-3)16-21(20)25(19-13-9-6-10-14-19)32-17-18-11-7-5-8-12-18/h5-16,25H,4,17H2,1-3H3. The lowest BCUT2D eigenvalue weighted by Gasteiger charge is -2.23. The summed E-state index contributed by atoms with van der Waals surface area (Å²) in [6.07, 6.45) is -0.635. The van der Waals surface area contributed by atoms with E-state index in [0.717, 1.165) is 11.1 Å². The maximum Gasteiger partial charge on any atom is 0.379 e. The zero-order valence-corrected chi connectivity index (χ0v) is 18.4. The Kier molecular flexibility index (Phi) is 8.00. The highest BCUT2D eigenvalue weighted by atomic mass is 16.5. The van der Waals surface area contributed by atoms with Crippen LogP contribution in [0, 0.1) is 0 Å². The Bertz CT molecular complexity index is 1050. The third-order valence-corrected chi connectivity index (χ3v) is 4.91. The third kappa shape index (κ3) is 5.34. The second-order valence-electron chi connectivity index (χ2n) is 6.93. The average Bonchev–Trinajstić information content (AvgIpc) is 2.84. The van der Waals surface area contributed by atoms with Crippen molar-refractivity contribution in [3.05, 3.63) is 95.1 Å². The van der Waals surface area contributed by atoms with Crippen molar-refractivity contribution in [1.82, 2.24) is 0 Å². The van der Waals surface area contributed by atoms with Gasteiger partial charge in [-0.1, -0.05) is 60.7 Å². The molecule has 0 aliphatic heterocycles. The Balaban J connectivity index is 2.12. The van der Waals surface area contributed by atoms with Crippen LogP contribution in [0.2, 0.25) is 0 Å². The number of hydrogen-bond donors (Lipinski definition) is 0. The van der Waals surface area contributed by atoms with Gasteiger partial charge < -0.3 is 18.9 Å². The molecule has 0 spiro atoms. The van der Waals surface area contributed by atoms with Crippen LogP contribution in [-0.2, 0) is 20.9 Å². The SMILES string of the molecule is CCOC(=O)C(=O)c1cc(OC)c(OC)cc1C(OCc1ccccc1)c1ccccc1. The Morgan fingerprint density at radius 1 is 0.844 bits per heavy atom. The molecular formula is C26H26O6. The Labute approximate surface area is 187 Å². The molecule has 0 amide bonds. The monoisotopic (exact) mass is 434 g/mol. The molecule has 3 rings (SSSR count). The van der Waals surface area contributed by atoms with Gasteiger partial charge >= 0.3 is 5.97 Å². The Morgan fingerprint density at radius 2 is 1.44 bits per heavy atom. The first kappa shape index (κ1) is 23.0. The molecule has 0 saturated carbocycles. The van der Waals surface area contributed by atoms with Gasteiger partial charge in [-0.3, -0.25) is 4.79 Å². The average molecular weight is 434 g/mol. The number of Topliss-reactive ketones (excluding diaryl/α,β-unsaturated/α-hetero) is 1. The molecule has 3 aromatic carbocycles. The summed E-state index contributed by atoms with van der Waals surface area (Å²) in [6.45, 7) is 2.05. The molecule has 0 radical (unpaired) electrons. The smallest absolute Gasteiger partial charge is 0.379 e. The van der Waals surface area contributed by atoms with Gasteiger partial charge in [0.1, 0.15) is 6.10 Å². The van der Waals surface area contributed by atoms with Gasteiger partial charge in [-0.2, -0.15) is 0 Å². The summed E-state index contributed by atoms with van der Waals surface area (Å²) in [4.78, 5) is 25.3. The molecule has 0 aliphatic carbocycles. The van der Waals surface area contributed by atoms with Crippen molar-refractivity contribution < 1.29 is 28.5 Å². The minimum atomic E-state index is -0.934. The van der Waals surface area contributed by atoms with E-state index in [1.54, 1.807) is 13.0 Å². The molecule has 0 heterocycles. The second kappa shape index (κ2) is 11.1. The quantitative estimate of drug-likeness (QED) is 0.260. The topological polar surface area (TPSA) is 71.1 Å². The van der Waals surface area contributed by atoms with E-state index in [1.165, 1.54) is 20.3 Å². The predicted octanol–water partition coefficient (Wildman–Crippen LogP) is 4.76. The number of esters is 1. The summed E-state index contributed by atoms with van der Waals surface area (Å²) in [6, 6.07) is 22.4. The molecule has 6 heteroatoms. The van der Waals surface area contributed by atoms with E-state index >= 15 is 0 Å². The fourth-order valence-electron chi connectivity index (χ4n) is 3.36. The molecule has 1 unspecified atom stereocenters. The van der Waals surface area contributed by atoms with Gasteiger partial charge in [0.15, 0.2) is 11.5 Å². The van der Waals surface area contributed by atoms with Gasteiger partial charge in [0, 0.05) is 11.1 Å². The van der Waals surface area contributed by atoms with Crippen molar-refractivity contribution >= 4 is 11.8 Å². The summed E-state index contributed by atoms with van der Waals surface area (Å²) < 4.78 is 22.1.